The molecule has 0 aliphatic heterocycles. The maximum Gasteiger partial charge on any atom is 0.323 e. The molecule has 0 radical (unpaired) electrons. The maximum atomic E-state index is 12.9. The van der Waals surface area contributed by atoms with Gasteiger partial charge in [-0.25, -0.2) is 0 Å². The predicted octanol–water partition coefficient (Wildman–Crippen LogP) is 2.99. The zero-order chi connectivity index (χ0) is 18.0. The van der Waals surface area contributed by atoms with E-state index in [1.165, 1.54) is 0 Å². The first-order chi connectivity index (χ1) is 12.0. The Balaban J connectivity index is 2.15. The molecule has 5 nitrogen and oxygen atoms in total. The molecule has 0 saturated heterocycles. The van der Waals surface area contributed by atoms with E-state index in [1.54, 1.807) is 23.9 Å². The van der Waals surface area contributed by atoms with Crippen molar-refractivity contribution in [3.63, 3.8) is 0 Å². The van der Waals surface area contributed by atoms with Crippen LogP contribution in [0.5, 0.6) is 5.75 Å². The third-order valence-electron chi connectivity index (χ3n) is 4.14. The van der Waals surface area contributed by atoms with Crippen molar-refractivity contribution in [1.29, 1.82) is 0 Å². The van der Waals surface area contributed by atoms with Crippen molar-refractivity contribution < 1.29 is 14.6 Å². The van der Waals surface area contributed by atoms with E-state index >= 15 is 0 Å². The highest BCUT2D eigenvalue weighted by Crippen LogP contribution is 2.18. The molecule has 1 aromatic heterocycles. The van der Waals surface area contributed by atoms with Gasteiger partial charge >= 0.3 is 5.97 Å². The van der Waals surface area contributed by atoms with Crippen molar-refractivity contribution >= 4 is 16.9 Å². The van der Waals surface area contributed by atoms with Crippen LogP contribution in [-0.4, -0.2) is 22.8 Å². The van der Waals surface area contributed by atoms with Crippen LogP contribution in [0.15, 0.2) is 53.5 Å². The second kappa shape index (κ2) is 6.81. The first-order valence-corrected chi connectivity index (χ1v) is 7.95. The standard InChI is InChI=1S/C20H19NO4/c1-13-6-7-18-17(8-13)20(24)15(11-21(18)12-19(22)23)9-14-4-3-5-16(10-14)25-2/h3-8,10-11H,9,12H2,1-2H3,(H,22,23). The number of hydrogen-bond acceptors (Lipinski definition) is 3. The summed E-state index contributed by atoms with van der Waals surface area (Å²) in [6.45, 7) is 1.72. The van der Waals surface area contributed by atoms with E-state index in [1.807, 2.05) is 43.3 Å². The van der Waals surface area contributed by atoms with Crippen LogP contribution in [0.4, 0.5) is 0 Å². The van der Waals surface area contributed by atoms with E-state index in [-0.39, 0.29) is 12.0 Å². The molecule has 0 atom stereocenters. The first-order valence-electron chi connectivity index (χ1n) is 7.95. The highest BCUT2D eigenvalue weighted by Gasteiger charge is 2.12. The summed E-state index contributed by atoms with van der Waals surface area (Å²) >= 11 is 0. The fourth-order valence-electron chi connectivity index (χ4n) is 2.98. The van der Waals surface area contributed by atoms with Crippen molar-refractivity contribution in [3.8, 4) is 5.75 Å². The number of carbonyl (C=O) groups is 1. The minimum absolute atomic E-state index is 0.0665. The number of rotatable bonds is 5. The largest absolute Gasteiger partial charge is 0.497 e. The molecule has 0 aliphatic rings. The Morgan fingerprint density at radius 2 is 2.00 bits per heavy atom. The molecule has 0 saturated carbocycles. The normalized spacial score (nSPS) is 10.8. The van der Waals surface area contributed by atoms with E-state index in [4.69, 9.17) is 4.74 Å². The Labute approximate surface area is 145 Å². The number of fused-ring (bicyclic) bond motifs is 1. The van der Waals surface area contributed by atoms with Gasteiger partial charge in [0.1, 0.15) is 12.3 Å². The molecule has 0 spiro atoms. The number of pyridine rings is 1. The summed E-state index contributed by atoms with van der Waals surface area (Å²) in [4.78, 5) is 24.1. The molecule has 0 unspecified atom stereocenters. The van der Waals surface area contributed by atoms with Crippen molar-refractivity contribution in [2.24, 2.45) is 0 Å². The lowest BCUT2D eigenvalue weighted by Crippen LogP contribution is -2.18. The number of aryl methyl sites for hydroxylation is 1. The highest BCUT2D eigenvalue weighted by atomic mass is 16.5. The molecule has 2 aromatic carbocycles. The van der Waals surface area contributed by atoms with E-state index in [2.05, 4.69) is 0 Å². The Kier molecular flexibility index (Phi) is 4.57. The summed E-state index contributed by atoms with van der Waals surface area (Å²) in [6.07, 6.45) is 2.06. The van der Waals surface area contributed by atoms with Crippen LogP contribution in [-0.2, 0) is 17.8 Å². The van der Waals surface area contributed by atoms with Crippen LogP contribution in [0.3, 0.4) is 0 Å². The van der Waals surface area contributed by atoms with E-state index < -0.39 is 5.97 Å². The molecule has 0 amide bonds. The first kappa shape index (κ1) is 16.8. The zero-order valence-electron chi connectivity index (χ0n) is 14.2. The van der Waals surface area contributed by atoms with Gasteiger partial charge in [0.2, 0.25) is 0 Å². The minimum atomic E-state index is -0.946. The van der Waals surface area contributed by atoms with Crippen LogP contribution in [0.25, 0.3) is 10.9 Å². The molecule has 128 valence electrons. The predicted molar refractivity (Wildman–Crippen MR) is 96.4 cm³/mol. The van der Waals surface area contributed by atoms with Crippen molar-refractivity contribution in [3.05, 3.63) is 75.6 Å². The average Bonchev–Trinajstić information content (AvgIpc) is 2.58. The van der Waals surface area contributed by atoms with Gasteiger partial charge in [0.05, 0.1) is 12.6 Å². The van der Waals surface area contributed by atoms with Gasteiger partial charge in [-0.15, -0.1) is 0 Å². The fraction of sp³-hybridized carbons (Fsp3) is 0.200. The smallest absolute Gasteiger partial charge is 0.323 e. The van der Waals surface area contributed by atoms with Gasteiger partial charge < -0.3 is 14.4 Å². The number of aliphatic carboxylic acids is 1. The van der Waals surface area contributed by atoms with Crippen molar-refractivity contribution in [1.82, 2.24) is 4.57 Å². The van der Waals surface area contributed by atoms with Crippen LogP contribution < -0.4 is 10.2 Å². The molecular weight excluding hydrogens is 318 g/mol. The summed E-state index contributed by atoms with van der Waals surface area (Å²) in [6, 6.07) is 13.0. The number of methoxy groups -OCH3 is 1. The molecule has 0 bridgehead atoms. The third kappa shape index (κ3) is 3.55. The Hall–Kier alpha value is -3.08. The number of aromatic nitrogens is 1. The van der Waals surface area contributed by atoms with E-state index in [0.29, 0.717) is 22.9 Å². The van der Waals surface area contributed by atoms with Gasteiger partial charge in [0.15, 0.2) is 5.43 Å². The molecule has 1 N–H and O–H groups in total. The molecule has 5 heteroatoms. The number of carboxylic acids is 1. The molecular formula is C20H19NO4. The van der Waals surface area contributed by atoms with Crippen molar-refractivity contribution in [2.75, 3.05) is 7.11 Å². The lowest BCUT2D eigenvalue weighted by molar-refractivity contribution is -0.137. The lowest BCUT2D eigenvalue weighted by Gasteiger charge is -2.12. The minimum Gasteiger partial charge on any atom is -0.497 e. The molecule has 0 fully saturated rings. The van der Waals surface area contributed by atoms with Gasteiger partial charge in [-0.1, -0.05) is 23.8 Å². The van der Waals surface area contributed by atoms with Gasteiger partial charge in [-0.3, -0.25) is 9.59 Å². The Morgan fingerprint density at radius 1 is 1.20 bits per heavy atom. The third-order valence-corrected chi connectivity index (χ3v) is 4.14. The molecule has 3 rings (SSSR count). The summed E-state index contributed by atoms with van der Waals surface area (Å²) in [5.74, 6) is -0.224. The van der Waals surface area contributed by atoms with E-state index in [9.17, 15) is 14.7 Å². The number of nitrogens with zero attached hydrogens (tertiary/aromatic N) is 1. The van der Waals surface area contributed by atoms with E-state index in [0.717, 1.165) is 16.9 Å². The Bertz CT molecular complexity index is 1000. The van der Waals surface area contributed by atoms with Gasteiger partial charge in [0, 0.05) is 23.6 Å². The molecule has 3 aromatic rings. The zero-order valence-corrected chi connectivity index (χ0v) is 14.2. The Morgan fingerprint density at radius 3 is 2.72 bits per heavy atom. The van der Waals surface area contributed by atoms with Gasteiger partial charge in [-0.2, -0.15) is 0 Å². The van der Waals surface area contributed by atoms with Gasteiger partial charge in [0.25, 0.3) is 0 Å². The number of carboxylic acid groups (broad SMARTS) is 1. The van der Waals surface area contributed by atoms with Crippen LogP contribution >= 0.6 is 0 Å². The summed E-state index contributed by atoms with van der Waals surface area (Å²) in [5, 5.41) is 9.73. The van der Waals surface area contributed by atoms with Crippen LogP contribution in [0.1, 0.15) is 16.7 Å². The maximum absolute atomic E-state index is 12.9. The molecule has 0 aliphatic carbocycles. The van der Waals surface area contributed by atoms with Gasteiger partial charge in [-0.05, 0) is 36.8 Å². The quantitative estimate of drug-likeness (QED) is 0.777. The number of ether oxygens (including phenoxy) is 1. The monoisotopic (exact) mass is 337 g/mol. The van der Waals surface area contributed by atoms with Crippen molar-refractivity contribution in [2.45, 2.75) is 19.9 Å². The van der Waals surface area contributed by atoms with Crippen LogP contribution in [0.2, 0.25) is 0 Å². The second-order valence-corrected chi connectivity index (χ2v) is 6.05. The highest BCUT2D eigenvalue weighted by molar-refractivity contribution is 5.82. The fourth-order valence-corrected chi connectivity index (χ4v) is 2.98. The lowest BCUT2D eigenvalue weighted by atomic mass is 10.0. The average molecular weight is 337 g/mol. The number of benzene rings is 2. The number of hydrogen-bond donors (Lipinski definition) is 1. The second-order valence-electron chi connectivity index (χ2n) is 6.05. The van der Waals surface area contributed by atoms with Crippen LogP contribution in [0, 0.1) is 6.92 Å². The summed E-state index contributed by atoms with van der Waals surface area (Å²) < 4.78 is 6.84. The topological polar surface area (TPSA) is 68.5 Å². The molecule has 25 heavy (non-hydrogen) atoms. The summed E-state index contributed by atoms with van der Waals surface area (Å²) in [5.41, 5.74) is 3.03. The molecule has 1 heterocycles. The SMILES string of the molecule is COc1cccc(Cc2cn(CC(=O)O)c3ccc(C)cc3c2=O)c1. The summed E-state index contributed by atoms with van der Waals surface area (Å²) in [7, 11) is 1.60.